The molecule has 0 radical (unpaired) electrons. The van der Waals surface area contributed by atoms with Crippen molar-refractivity contribution in [2.45, 2.75) is 92.8 Å². The van der Waals surface area contributed by atoms with E-state index in [9.17, 15) is 0 Å². The maximum atomic E-state index is 3.43. The molecule has 4 aromatic rings. The van der Waals surface area contributed by atoms with E-state index in [0.717, 1.165) is 0 Å². The Bertz CT molecular complexity index is 1500. The van der Waals surface area contributed by atoms with Crippen molar-refractivity contribution in [1.82, 2.24) is 0 Å². The normalized spacial score (nSPS) is 14.8. The first-order chi connectivity index (χ1) is 18.9. The Hall–Kier alpha value is -1.44. The van der Waals surface area contributed by atoms with Gasteiger partial charge < -0.3 is 24.8 Å². The van der Waals surface area contributed by atoms with Crippen LogP contribution in [0, 0.1) is 18.9 Å². The second kappa shape index (κ2) is 15.7. The Morgan fingerprint density at radius 1 is 0.744 bits per heavy atom. The third-order valence-electron chi connectivity index (χ3n) is 7.75. The van der Waals surface area contributed by atoms with Gasteiger partial charge in [-0.15, -0.1) is 39.7 Å². The summed E-state index contributed by atoms with van der Waals surface area (Å²) in [5.74, 6) is 0.553. The molecule has 1 aliphatic carbocycles. The molecule has 1 atom stereocenters. The van der Waals surface area contributed by atoms with E-state index in [2.05, 4.69) is 165 Å². The zero-order valence-electron chi connectivity index (χ0n) is 28.3. The molecule has 1 unspecified atom stereocenters. The molecule has 0 heterocycles. The van der Waals surface area contributed by atoms with Crippen LogP contribution in [-0.4, -0.2) is 11.8 Å². The summed E-state index contributed by atoms with van der Waals surface area (Å²) in [7, 11) is -1.07. The molecule has 0 N–H and O–H groups in total. The van der Waals surface area contributed by atoms with E-state index in [0.29, 0.717) is 5.92 Å². The van der Waals surface area contributed by atoms with Crippen molar-refractivity contribution in [2.75, 3.05) is 0 Å². The number of benzene rings is 3. The zero-order valence-corrected chi connectivity index (χ0v) is 33.3. The van der Waals surface area contributed by atoms with Gasteiger partial charge in [-0.25, -0.2) is 10.8 Å². The molecule has 0 saturated heterocycles. The van der Waals surface area contributed by atoms with Crippen LogP contribution in [0.25, 0.3) is 21.5 Å². The number of halogens is 2. The third-order valence-corrected chi connectivity index (χ3v) is 10.7. The van der Waals surface area contributed by atoms with Gasteiger partial charge in [-0.05, 0) is 18.9 Å². The molecule has 0 amide bonds. The van der Waals surface area contributed by atoms with Crippen LogP contribution >= 0.6 is 0 Å². The fraction of sp³-hybridized carbons (Fsp3) is 0.385. The van der Waals surface area contributed by atoms with Crippen LogP contribution in [-0.2, 0) is 35.1 Å². The summed E-state index contributed by atoms with van der Waals surface area (Å²) in [6, 6.07) is 24.7. The first-order valence-electron chi connectivity index (χ1n) is 14.9. The average molecular weight is 709 g/mol. The first-order valence-corrected chi connectivity index (χ1v) is 19.9. The van der Waals surface area contributed by atoms with E-state index in [4.69, 9.17) is 0 Å². The Morgan fingerprint density at radius 2 is 1.19 bits per heavy atom. The number of hydrogen-bond acceptors (Lipinski definition) is 0. The van der Waals surface area contributed by atoms with Crippen molar-refractivity contribution in [2.24, 2.45) is 5.92 Å². The quantitative estimate of drug-likeness (QED) is 0.199. The summed E-state index contributed by atoms with van der Waals surface area (Å²) in [5, 5.41) is 7.08. The van der Waals surface area contributed by atoms with Gasteiger partial charge in [0.05, 0.1) is 0 Å². The van der Waals surface area contributed by atoms with Crippen molar-refractivity contribution < 1.29 is 49.0 Å². The van der Waals surface area contributed by atoms with Crippen molar-refractivity contribution in [3.8, 4) is 0 Å². The van der Waals surface area contributed by atoms with Gasteiger partial charge in [-0.2, -0.15) is 6.08 Å². The Labute approximate surface area is 291 Å². The third kappa shape index (κ3) is 10.8. The summed E-state index contributed by atoms with van der Waals surface area (Å²) in [4.78, 5) is 0. The van der Waals surface area contributed by atoms with E-state index in [1.165, 1.54) is 73.6 Å². The van der Waals surface area contributed by atoms with Gasteiger partial charge in [-0.3, -0.25) is 6.08 Å². The van der Waals surface area contributed by atoms with Gasteiger partial charge in [0.15, 0.2) is 0 Å². The summed E-state index contributed by atoms with van der Waals surface area (Å²) in [6.45, 7) is 27.3. The molecule has 0 spiro atoms. The van der Waals surface area contributed by atoms with E-state index >= 15 is 0 Å². The Morgan fingerprint density at radius 3 is 1.49 bits per heavy atom. The van der Waals surface area contributed by atoms with Crippen molar-refractivity contribution in [3.05, 3.63) is 112 Å². The van der Waals surface area contributed by atoms with E-state index in [1.807, 2.05) is 0 Å². The minimum atomic E-state index is -1.07. The zero-order chi connectivity index (χ0) is 30.8. The number of aryl methyl sites for hydroxylation is 1. The molecular weight excluding hydrogens is 659 g/mol. The fourth-order valence-corrected chi connectivity index (χ4v) is 7.69. The van der Waals surface area contributed by atoms with Crippen LogP contribution in [0.2, 0.25) is 19.6 Å². The van der Waals surface area contributed by atoms with E-state index < -0.39 is 8.07 Å². The molecular formula is C39H50Cl2SiZr-2. The maximum Gasteiger partial charge on any atom is -1.00 e. The summed E-state index contributed by atoms with van der Waals surface area (Å²) >= 11 is 1.47. The van der Waals surface area contributed by atoms with Gasteiger partial charge in [0, 0.05) is 0 Å². The molecule has 5 rings (SSSR count). The molecule has 0 fully saturated rings. The smallest absolute Gasteiger partial charge is 1.00 e. The van der Waals surface area contributed by atoms with Crippen LogP contribution in [0.1, 0.15) is 77.6 Å². The molecule has 0 nitrogen and oxygen atoms in total. The molecule has 0 aliphatic heterocycles. The SMILES string of the molecule is CC(C)(C)c1ccc2c(c1)[cH-]c1cc(C(C)(C)C)ccc12.CC1=[C-]C(C)C=C1[Si](C)(C)C.Cc1ccc([CH]=[Zr+2])cc1.[Cl-].[Cl-]. The Kier molecular flexibility index (Phi) is 14.5. The van der Waals surface area contributed by atoms with Gasteiger partial charge in [-0.1, -0.05) is 116 Å². The first kappa shape index (κ1) is 39.6. The predicted octanol–water partition coefficient (Wildman–Crippen LogP) is 5.20. The molecule has 0 aromatic heterocycles. The molecule has 43 heavy (non-hydrogen) atoms. The van der Waals surface area contributed by atoms with Gasteiger partial charge in [0.25, 0.3) is 0 Å². The minimum absolute atomic E-state index is 0. The van der Waals surface area contributed by atoms with Gasteiger partial charge >= 0.3 is 70.3 Å². The van der Waals surface area contributed by atoms with Crippen LogP contribution in [0.4, 0.5) is 0 Å². The summed E-state index contributed by atoms with van der Waals surface area (Å²) < 4.78 is 2.19. The summed E-state index contributed by atoms with van der Waals surface area (Å²) in [6.07, 6.45) is 5.81. The second-order valence-electron chi connectivity index (χ2n) is 14.7. The minimum Gasteiger partial charge on any atom is -1.00 e. The number of allylic oxidation sites excluding steroid dienone is 4. The predicted molar refractivity (Wildman–Crippen MR) is 184 cm³/mol. The van der Waals surface area contributed by atoms with Crippen molar-refractivity contribution in [1.29, 1.82) is 0 Å². The molecule has 4 aromatic carbocycles. The van der Waals surface area contributed by atoms with Gasteiger partial charge in [0.2, 0.25) is 0 Å². The monoisotopic (exact) mass is 706 g/mol. The van der Waals surface area contributed by atoms with Crippen LogP contribution < -0.4 is 24.8 Å². The summed E-state index contributed by atoms with van der Waals surface area (Å²) in [5.41, 5.74) is 7.28. The molecule has 0 bridgehead atoms. The molecule has 4 heteroatoms. The van der Waals surface area contributed by atoms with Crippen LogP contribution in [0.15, 0.2) is 83.6 Å². The molecule has 230 valence electrons. The fourth-order valence-electron chi connectivity index (χ4n) is 5.27. The van der Waals surface area contributed by atoms with Crippen molar-refractivity contribution >= 4 is 33.3 Å². The molecule has 0 saturated carbocycles. The molecule has 1 aliphatic rings. The number of rotatable bonds is 2. The van der Waals surface area contributed by atoms with Crippen LogP contribution in [0.5, 0.6) is 0 Å². The standard InChI is InChI=1S/C21H25.C10H17Si.C8H8.2ClH.Zr/c1-20(2,3)16-7-9-18-14(12-16)11-15-13-17(21(4,5)6)8-10-19(15)18;1-8-6-9(2)10(7-8)11(3,4)5;1-7-3-5-8(2)6-4-7;;;/h7-13H,1-6H3;7-8H,1-5H3;1,3-6H,2H3;2*1H;/q2*-1;;;;+2/p-2. The van der Waals surface area contributed by atoms with Crippen LogP contribution in [0.3, 0.4) is 0 Å². The topological polar surface area (TPSA) is 0 Å². The van der Waals surface area contributed by atoms with Crippen molar-refractivity contribution in [3.63, 3.8) is 0 Å². The van der Waals surface area contributed by atoms with E-state index in [-0.39, 0.29) is 35.6 Å². The number of fused-ring (bicyclic) bond motifs is 3. The largest absolute Gasteiger partial charge is 1.00 e. The Balaban J connectivity index is 0.000000356. The van der Waals surface area contributed by atoms with E-state index in [1.54, 1.807) is 5.20 Å². The number of hydrogen-bond donors (Lipinski definition) is 0. The average Bonchev–Trinajstić information content (AvgIpc) is 3.42. The van der Waals surface area contributed by atoms with Gasteiger partial charge in [0.1, 0.15) is 0 Å². The maximum absolute atomic E-state index is 3.43. The second-order valence-corrected chi connectivity index (χ2v) is 20.4.